The summed E-state index contributed by atoms with van der Waals surface area (Å²) in [5.41, 5.74) is 2.54. The summed E-state index contributed by atoms with van der Waals surface area (Å²) in [6.45, 7) is 0.859. The van der Waals surface area contributed by atoms with Crippen LogP contribution >= 0.6 is 22.7 Å². The maximum absolute atomic E-state index is 4.71. The maximum Gasteiger partial charge on any atom is 0.190 e. The molecule has 0 radical (unpaired) electrons. The van der Waals surface area contributed by atoms with Crippen molar-refractivity contribution in [3.05, 3.63) is 77.8 Å². The van der Waals surface area contributed by atoms with Crippen molar-refractivity contribution in [2.24, 2.45) is 0 Å². The Morgan fingerprint density at radius 1 is 1.00 bits per heavy atom. The molecule has 24 heavy (non-hydrogen) atoms. The summed E-state index contributed by atoms with van der Waals surface area (Å²) >= 11 is 3.52. The standard InChI is InChI=1S/C20H18N2S2/c1-3-8-16(9-4-1)15-22(17-10-5-2-6-11-17)20-21-14-19(24-20)18-12-7-13-23-18/h2-3,5-14H,1,4,15H2. The average Bonchev–Trinajstić information content (AvgIpc) is 3.33. The van der Waals surface area contributed by atoms with Crippen molar-refractivity contribution in [1.29, 1.82) is 0 Å². The van der Waals surface area contributed by atoms with Crippen LogP contribution in [0.5, 0.6) is 0 Å². The first kappa shape index (κ1) is 15.4. The number of thiazole rings is 1. The van der Waals surface area contributed by atoms with Gasteiger partial charge in [-0.2, -0.15) is 0 Å². The van der Waals surface area contributed by atoms with Crippen LogP contribution in [-0.4, -0.2) is 11.5 Å². The molecule has 0 atom stereocenters. The van der Waals surface area contributed by atoms with Crippen molar-refractivity contribution in [3.8, 4) is 9.75 Å². The Balaban J connectivity index is 1.67. The number of nitrogens with zero attached hydrogens (tertiary/aromatic N) is 2. The molecule has 120 valence electrons. The normalized spacial score (nSPS) is 13.8. The summed E-state index contributed by atoms with van der Waals surface area (Å²) in [7, 11) is 0. The van der Waals surface area contributed by atoms with E-state index in [9.17, 15) is 0 Å². The molecule has 0 unspecified atom stereocenters. The molecule has 0 spiro atoms. The summed E-state index contributed by atoms with van der Waals surface area (Å²) in [5.74, 6) is 0. The molecule has 4 rings (SSSR count). The quantitative estimate of drug-likeness (QED) is 0.538. The molecule has 0 saturated carbocycles. The molecule has 2 nitrogen and oxygen atoms in total. The molecule has 1 aliphatic rings. The van der Waals surface area contributed by atoms with Gasteiger partial charge in [-0.25, -0.2) is 4.98 Å². The monoisotopic (exact) mass is 350 g/mol. The summed E-state index contributed by atoms with van der Waals surface area (Å²) in [5, 5.41) is 3.16. The topological polar surface area (TPSA) is 16.1 Å². The first-order valence-corrected chi connectivity index (χ1v) is 9.77. The Morgan fingerprint density at radius 2 is 1.92 bits per heavy atom. The molecule has 0 fully saturated rings. The van der Waals surface area contributed by atoms with Gasteiger partial charge in [-0.3, -0.25) is 0 Å². The van der Waals surface area contributed by atoms with Crippen LogP contribution in [0.3, 0.4) is 0 Å². The lowest BCUT2D eigenvalue weighted by molar-refractivity contribution is 0.971. The lowest BCUT2D eigenvalue weighted by Crippen LogP contribution is -2.19. The molecule has 1 aliphatic carbocycles. The van der Waals surface area contributed by atoms with Gasteiger partial charge < -0.3 is 4.90 Å². The van der Waals surface area contributed by atoms with Crippen LogP contribution in [-0.2, 0) is 0 Å². The van der Waals surface area contributed by atoms with E-state index in [4.69, 9.17) is 4.98 Å². The minimum atomic E-state index is 0.859. The molecule has 3 aromatic rings. The zero-order valence-electron chi connectivity index (χ0n) is 13.3. The van der Waals surface area contributed by atoms with Gasteiger partial charge in [0.25, 0.3) is 0 Å². The molecule has 0 amide bonds. The second kappa shape index (κ2) is 7.16. The fraction of sp³-hybridized carbons (Fsp3) is 0.150. The van der Waals surface area contributed by atoms with Crippen molar-refractivity contribution in [2.75, 3.05) is 11.4 Å². The molecule has 0 aliphatic heterocycles. The lowest BCUT2D eigenvalue weighted by Gasteiger charge is -2.23. The molecule has 4 heteroatoms. The summed E-state index contributed by atoms with van der Waals surface area (Å²) < 4.78 is 0. The third kappa shape index (κ3) is 3.35. The van der Waals surface area contributed by atoms with Gasteiger partial charge in [0.05, 0.1) is 11.4 Å². The largest absolute Gasteiger partial charge is 0.313 e. The molecular formula is C20H18N2S2. The SMILES string of the molecule is C1=CC(CN(c2ccccc2)c2ncc(-c3cccs3)s2)=CCC1. The van der Waals surface area contributed by atoms with E-state index in [1.165, 1.54) is 21.0 Å². The van der Waals surface area contributed by atoms with Gasteiger partial charge in [-0.1, -0.05) is 53.8 Å². The van der Waals surface area contributed by atoms with Crippen molar-refractivity contribution >= 4 is 33.5 Å². The maximum atomic E-state index is 4.71. The number of anilines is 2. The van der Waals surface area contributed by atoms with Crippen LogP contribution in [0.15, 0.2) is 77.8 Å². The lowest BCUT2D eigenvalue weighted by atomic mass is 10.1. The zero-order valence-corrected chi connectivity index (χ0v) is 14.9. The van der Waals surface area contributed by atoms with Gasteiger partial charge in [0.1, 0.15) is 0 Å². The molecule has 0 bridgehead atoms. The summed E-state index contributed by atoms with van der Waals surface area (Å²) in [6, 6.07) is 14.8. The van der Waals surface area contributed by atoms with Gasteiger partial charge in [-0.15, -0.1) is 11.3 Å². The number of rotatable bonds is 5. The highest BCUT2D eigenvalue weighted by molar-refractivity contribution is 7.23. The third-order valence-electron chi connectivity index (χ3n) is 3.97. The summed E-state index contributed by atoms with van der Waals surface area (Å²) in [4.78, 5) is 9.53. The Hall–Kier alpha value is -2.17. The number of benzene rings is 1. The Kier molecular flexibility index (Phi) is 4.58. The Labute approximate surface area is 150 Å². The molecular weight excluding hydrogens is 332 g/mol. The minimum absolute atomic E-state index is 0.859. The average molecular weight is 351 g/mol. The van der Waals surface area contributed by atoms with Crippen LogP contribution in [0, 0.1) is 0 Å². The highest BCUT2D eigenvalue weighted by atomic mass is 32.1. The predicted octanol–water partition coefficient (Wildman–Crippen LogP) is 6.29. The smallest absolute Gasteiger partial charge is 0.190 e. The zero-order chi connectivity index (χ0) is 16.2. The van der Waals surface area contributed by atoms with Crippen LogP contribution in [0.4, 0.5) is 10.8 Å². The van der Waals surface area contributed by atoms with E-state index >= 15 is 0 Å². The minimum Gasteiger partial charge on any atom is -0.313 e. The van der Waals surface area contributed by atoms with Crippen molar-refractivity contribution in [3.63, 3.8) is 0 Å². The van der Waals surface area contributed by atoms with E-state index in [1.54, 1.807) is 22.7 Å². The molecule has 1 aromatic carbocycles. The van der Waals surface area contributed by atoms with Crippen molar-refractivity contribution < 1.29 is 0 Å². The number of allylic oxidation sites excluding steroid dienone is 2. The first-order valence-electron chi connectivity index (χ1n) is 8.08. The fourth-order valence-electron chi connectivity index (χ4n) is 2.77. The van der Waals surface area contributed by atoms with E-state index in [0.29, 0.717) is 0 Å². The van der Waals surface area contributed by atoms with Gasteiger partial charge >= 0.3 is 0 Å². The van der Waals surface area contributed by atoms with E-state index < -0.39 is 0 Å². The van der Waals surface area contributed by atoms with Gasteiger partial charge in [-0.05, 0) is 42.0 Å². The first-order chi connectivity index (χ1) is 11.9. The second-order valence-corrected chi connectivity index (χ2v) is 7.62. The van der Waals surface area contributed by atoms with E-state index in [2.05, 4.69) is 71.0 Å². The third-order valence-corrected chi connectivity index (χ3v) is 6.05. The van der Waals surface area contributed by atoms with Crippen molar-refractivity contribution in [2.45, 2.75) is 12.8 Å². The fourth-order valence-corrected chi connectivity index (χ4v) is 4.52. The van der Waals surface area contributed by atoms with Gasteiger partial charge in [0.2, 0.25) is 0 Å². The highest BCUT2D eigenvalue weighted by Gasteiger charge is 2.16. The Bertz CT molecular complexity index is 845. The van der Waals surface area contributed by atoms with Gasteiger partial charge in [0, 0.05) is 16.8 Å². The Morgan fingerprint density at radius 3 is 2.67 bits per heavy atom. The highest BCUT2D eigenvalue weighted by Crippen LogP contribution is 2.37. The van der Waals surface area contributed by atoms with E-state index in [-0.39, 0.29) is 0 Å². The van der Waals surface area contributed by atoms with E-state index in [0.717, 1.165) is 24.5 Å². The second-order valence-electron chi connectivity index (χ2n) is 5.66. The predicted molar refractivity (Wildman–Crippen MR) is 105 cm³/mol. The number of para-hydroxylation sites is 1. The van der Waals surface area contributed by atoms with E-state index in [1.807, 2.05) is 6.20 Å². The molecule has 0 N–H and O–H groups in total. The van der Waals surface area contributed by atoms with Crippen LogP contribution < -0.4 is 4.90 Å². The molecule has 0 saturated heterocycles. The van der Waals surface area contributed by atoms with Gasteiger partial charge in [0.15, 0.2) is 5.13 Å². The van der Waals surface area contributed by atoms with Crippen LogP contribution in [0.25, 0.3) is 9.75 Å². The molecule has 2 aromatic heterocycles. The van der Waals surface area contributed by atoms with Crippen LogP contribution in [0.1, 0.15) is 12.8 Å². The number of aromatic nitrogens is 1. The summed E-state index contributed by atoms with van der Waals surface area (Å²) in [6.07, 6.45) is 11.1. The molecule has 2 heterocycles. The number of hydrogen-bond donors (Lipinski definition) is 0. The van der Waals surface area contributed by atoms with Crippen LogP contribution in [0.2, 0.25) is 0 Å². The van der Waals surface area contributed by atoms with Crippen molar-refractivity contribution in [1.82, 2.24) is 4.98 Å². The number of hydrogen-bond acceptors (Lipinski definition) is 4. The number of thiophene rings is 1.